The molecule has 1 spiro atoms. The maximum absolute atomic E-state index is 15.6. The van der Waals surface area contributed by atoms with Gasteiger partial charge in [0.2, 0.25) is 0 Å². The number of halogens is 2. The molecule has 1 aromatic carbocycles. The van der Waals surface area contributed by atoms with Gasteiger partial charge in [0.05, 0.1) is 16.6 Å². The van der Waals surface area contributed by atoms with Crippen LogP contribution in [0, 0.1) is 5.82 Å². The fourth-order valence-corrected chi connectivity index (χ4v) is 5.58. The summed E-state index contributed by atoms with van der Waals surface area (Å²) in [6, 6.07) is 5.05. The van der Waals surface area contributed by atoms with E-state index in [4.69, 9.17) is 23.1 Å². The fourth-order valence-electron chi connectivity index (χ4n) is 5.14. The first-order valence-electron chi connectivity index (χ1n) is 10.8. The Morgan fingerprint density at radius 2 is 2.09 bits per heavy atom. The van der Waals surface area contributed by atoms with Crippen LogP contribution < -0.4 is 16.8 Å². The molecule has 2 aliphatic rings. The number of aromatic nitrogens is 3. The molecule has 2 unspecified atom stereocenters. The van der Waals surface area contributed by atoms with Crippen molar-refractivity contribution in [2.24, 2.45) is 0 Å². The third-order valence-electron chi connectivity index (χ3n) is 6.81. The van der Waals surface area contributed by atoms with Crippen LogP contribution in [0.1, 0.15) is 41.2 Å². The molecule has 33 heavy (non-hydrogen) atoms. The number of pyridine rings is 1. The van der Waals surface area contributed by atoms with E-state index < -0.39 is 11.7 Å². The quantitative estimate of drug-likeness (QED) is 0.504. The number of hydrogen-bond donors (Lipinski definition) is 3. The minimum Gasteiger partial charge on any atom is -0.398 e. The summed E-state index contributed by atoms with van der Waals surface area (Å²) in [4.78, 5) is 18.4. The van der Waals surface area contributed by atoms with Crippen molar-refractivity contribution in [3.05, 3.63) is 52.6 Å². The molecule has 3 aromatic rings. The molecule has 3 heterocycles. The molecule has 8 nitrogen and oxygen atoms in total. The summed E-state index contributed by atoms with van der Waals surface area (Å²) < 4.78 is 17.5. The number of hydrogen-bond acceptors (Lipinski definition) is 6. The van der Waals surface area contributed by atoms with Crippen LogP contribution in [0.2, 0.25) is 5.02 Å². The Morgan fingerprint density at radius 3 is 2.79 bits per heavy atom. The first kappa shape index (κ1) is 21.5. The molecular weight excluding hydrogens is 445 g/mol. The van der Waals surface area contributed by atoms with E-state index in [1.54, 1.807) is 32.4 Å². The molecule has 0 saturated heterocycles. The van der Waals surface area contributed by atoms with Gasteiger partial charge in [-0.3, -0.25) is 9.48 Å². The minimum atomic E-state index is -0.700. The zero-order valence-corrected chi connectivity index (χ0v) is 19.2. The molecule has 2 atom stereocenters. The number of nitrogen functional groups attached to an aromatic ring is 2. The number of rotatable bonds is 3. The van der Waals surface area contributed by atoms with Gasteiger partial charge in [-0.05, 0) is 37.5 Å². The second kappa shape index (κ2) is 7.62. The molecular formula is C23H25ClFN7O. The van der Waals surface area contributed by atoms with E-state index in [9.17, 15) is 4.79 Å². The van der Waals surface area contributed by atoms with E-state index in [2.05, 4.69) is 15.4 Å². The molecule has 1 aliphatic heterocycles. The summed E-state index contributed by atoms with van der Waals surface area (Å²) in [7, 11) is 3.11. The Morgan fingerprint density at radius 1 is 1.30 bits per heavy atom. The predicted molar refractivity (Wildman–Crippen MR) is 127 cm³/mol. The number of benzene rings is 1. The van der Waals surface area contributed by atoms with E-state index in [0.717, 1.165) is 24.8 Å². The van der Waals surface area contributed by atoms with Gasteiger partial charge in [-0.25, -0.2) is 9.37 Å². The van der Waals surface area contributed by atoms with Crippen molar-refractivity contribution < 1.29 is 9.18 Å². The Labute approximate surface area is 195 Å². The summed E-state index contributed by atoms with van der Waals surface area (Å²) in [6.45, 7) is 0.695. The first-order valence-corrected chi connectivity index (χ1v) is 11.1. The van der Waals surface area contributed by atoms with Crippen LogP contribution in [0.15, 0.2) is 30.6 Å². The first-order chi connectivity index (χ1) is 15.7. The number of nitrogens with one attached hydrogen (secondary N) is 1. The zero-order valence-electron chi connectivity index (χ0n) is 18.4. The molecule has 1 fully saturated rings. The Hall–Kier alpha value is -3.33. The smallest absolute Gasteiger partial charge is 0.258 e. The van der Waals surface area contributed by atoms with Gasteiger partial charge < -0.3 is 21.7 Å². The SMILES string of the molecule is CN(C)C(=O)c1c(N)ccc(-c2cnc3c(c2Cl)C2(CCC(n4ccc(N)n4)C2)CN3)c1F. The van der Waals surface area contributed by atoms with Gasteiger partial charge >= 0.3 is 0 Å². The van der Waals surface area contributed by atoms with E-state index in [0.29, 0.717) is 28.8 Å². The topological polar surface area (TPSA) is 115 Å². The standard InChI is InChI=1S/C23H25ClFN7O/c1-31(2)22(33)17-15(26)4-3-13(20(17)25)14-10-28-21-18(19(14)24)23(11-29-21)7-5-12(9-23)32-8-6-16(27)30-32/h3-4,6,8,10,12H,5,7,9,11,26H2,1-2H3,(H2,27,30)(H,28,29). The molecule has 1 aliphatic carbocycles. The lowest BCUT2D eigenvalue weighted by molar-refractivity contribution is 0.0824. The zero-order chi connectivity index (χ0) is 23.5. The van der Waals surface area contributed by atoms with E-state index in [1.165, 1.54) is 11.0 Å². The van der Waals surface area contributed by atoms with E-state index >= 15 is 4.39 Å². The monoisotopic (exact) mass is 469 g/mol. The molecule has 1 saturated carbocycles. The summed E-state index contributed by atoms with van der Waals surface area (Å²) in [5.74, 6) is -0.00404. The summed E-state index contributed by atoms with van der Waals surface area (Å²) in [5, 5.41) is 8.19. The number of amides is 1. The van der Waals surface area contributed by atoms with E-state index in [1.807, 2.05) is 10.9 Å². The largest absolute Gasteiger partial charge is 0.398 e. The van der Waals surface area contributed by atoms with Gasteiger partial charge in [-0.2, -0.15) is 5.10 Å². The molecule has 0 bridgehead atoms. The van der Waals surface area contributed by atoms with Gasteiger partial charge in [-0.15, -0.1) is 0 Å². The maximum atomic E-state index is 15.6. The highest BCUT2D eigenvalue weighted by molar-refractivity contribution is 6.34. The second-order valence-electron chi connectivity index (χ2n) is 9.05. The van der Waals surface area contributed by atoms with Crippen LogP contribution in [-0.2, 0) is 5.41 Å². The summed E-state index contributed by atoms with van der Waals surface area (Å²) >= 11 is 6.95. The highest BCUT2D eigenvalue weighted by Gasteiger charge is 2.48. The predicted octanol–water partition coefficient (Wildman–Crippen LogP) is 3.69. The lowest BCUT2D eigenvalue weighted by Gasteiger charge is -2.25. The minimum absolute atomic E-state index is 0.0791. The fraction of sp³-hybridized carbons (Fsp3) is 0.348. The van der Waals surface area contributed by atoms with Crippen molar-refractivity contribution in [1.29, 1.82) is 0 Å². The number of anilines is 3. The molecule has 5 N–H and O–H groups in total. The normalized spacial score (nSPS) is 21.3. The van der Waals surface area contributed by atoms with Crippen LogP contribution in [0.5, 0.6) is 0 Å². The van der Waals surface area contributed by atoms with Gasteiger partial charge in [0.1, 0.15) is 17.5 Å². The molecule has 0 radical (unpaired) electrons. The number of carbonyl (C=O) groups is 1. The third kappa shape index (κ3) is 3.30. The highest BCUT2D eigenvalue weighted by atomic mass is 35.5. The Bertz CT molecular complexity index is 1270. The lowest BCUT2D eigenvalue weighted by atomic mass is 9.80. The summed E-state index contributed by atoms with van der Waals surface area (Å²) in [6.07, 6.45) is 6.06. The van der Waals surface area contributed by atoms with Gasteiger partial charge in [0.15, 0.2) is 0 Å². The lowest BCUT2D eigenvalue weighted by Crippen LogP contribution is -2.26. The highest BCUT2D eigenvalue weighted by Crippen LogP contribution is 2.54. The van der Waals surface area contributed by atoms with Gasteiger partial charge in [0.25, 0.3) is 5.91 Å². The van der Waals surface area contributed by atoms with Crippen molar-refractivity contribution in [1.82, 2.24) is 19.7 Å². The number of fused-ring (bicyclic) bond motifs is 2. The van der Waals surface area contributed by atoms with Crippen molar-refractivity contribution in [3.8, 4) is 11.1 Å². The molecule has 172 valence electrons. The average Bonchev–Trinajstić information content (AvgIpc) is 3.49. The number of nitrogens with zero attached hydrogens (tertiary/aromatic N) is 4. The second-order valence-corrected chi connectivity index (χ2v) is 9.43. The van der Waals surface area contributed by atoms with Crippen LogP contribution in [-0.4, -0.2) is 46.2 Å². The average molecular weight is 470 g/mol. The number of carbonyl (C=O) groups excluding carboxylic acids is 1. The van der Waals surface area contributed by atoms with E-state index in [-0.39, 0.29) is 28.3 Å². The van der Waals surface area contributed by atoms with Crippen molar-refractivity contribution in [3.63, 3.8) is 0 Å². The number of nitrogens with two attached hydrogens (primary N) is 2. The molecule has 2 aromatic heterocycles. The van der Waals surface area contributed by atoms with Crippen molar-refractivity contribution in [2.75, 3.05) is 37.4 Å². The van der Waals surface area contributed by atoms with Gasteiger partial charge in [-0.1, -0.05) is 11.6 Å². The summed E-state index contributed by atoms with van der Waals surface area (Å²) in [5.41, 5.74) is 12.9. The van der Waals surface area contributed by atoms with Gasteiger partial charge in [0, 0.05) is 60.8 Å². The molecule has 5 rings (SSSR count). The van der Waals surface area contributed by atoms with Crippen LogP contribution >= 0.6 is 11.6 Å². The maximum Gasteiger partial charge on any atom is 0.258 e. The molecule has 1 amide bonds. The Kier molecular flexibility index (Phi) is 4.97. The van der Waals surface area contributed by atoms with Crippen molar-refractivity contribution in [2.45, 2.75) is 30.7 Å². The van der Waals surface area contributed by atoms with Crippen LogP contribution in [0.4, 0.5) is 21.7 Å². The molecule has 10 heteroatoms. The Balaban J connectivity index is 1.58. The van der Waals surface area contributed by atoms with Crippen molar-refractivity contribution >= 4 is 34.8 Å². The third-order valence-corrected chi connectivity index (χ3v) is 7.20. The van der Waals surface area contributed by atoms with Crippen LogP contribution in [0.3, 0.4) is 0 Å². The van der Waals surface area contributed by atoms with Crippen LogP contribution in [0.25, 0.3) is 11.1 Å².